The van der Waals surface area contributed by atoms with Crippen molar-refractivity contribution in [1.29, 1.82) is 0 Å². The molecule has 2 aliphatic heterocycles. The molecule has 6 nitrogen and oxygen atoms in total. The van der Waals surface area contributed by atoms with Crippen LogP contribution in [0, 0.1) is 18.8 Å². The molecular weight excluding hydrogens is 368 g/mol. The van der Waals surface area contributed by atoms with Crippen LogP contribution >= 0.6 is 0 Å². The smallest absolute Gasteiger partial charge is 0.310 e. The zero-order valence-electron chi connectivity index (χ0n) is 17.9. The highest BCUT2D eigenvalue weighted by Gasteiger charge is 2.31. The Labute approximate surface area is 174 Å². The van der Waals surface area contributed by atoms with Crippen LogP contribution in [0.3, 0.4) is 0 Å². The Kier molecular flexibility index (Phi) is 7.67. The third kappa shape index (κ3) is 6.28. The van der Waals surface area contributed by atoms with Gasteiger partial charge in [-0.2, -0.15) is 0 Å². The molecule has 6 heteroatoms. The Hall–Kier alpha value is -1.92. The number of hydrogen-bond acceptors (Lipinski definition) is 5. The maximum Gasteiger partial charge on any atom is 0.310 e. The molecule has 29 heavy (non-hydrogen) atoms. The van der Waals surface area contributed by atoms with Gasteiger partial charge in [0.25, 0.3) is 5.91 Å². The number of nitrogens with zero attached hydrogens (tertiary/aromatic N) is 2. The lowest BCUT2D eigenvalue weighted by Gasteiger charge is -2.34. The molecule has 0 saturated carbocycles. The molecule has 1 aromatic carbocycles. The molecule has 2 heterocycles. The van der Waals surface area contributed by atoms with Crippen LogP contribution in [0.4, 0.5) is 0 Å². The molecule has 0 bridgehead atoms. The number of carbonyl (C=O) groups excluding carboxylic acids is 2. The second-order valence-electron chi connectivity index (χ2n) is 8.73. The third-order valence-corrected chi connectivity index (χ3v) is 5.60. The van der Waals surface area contributed by atoms with Gasteiger partial charge in [0.15, 0.2) is 0 Å². The summed E-state index contributed by atoms with van der Waals surface area (Å²) in [7, 11) is 0. The van der Waals surface area contributed by atoms with Crippen molar-refractivity contribution in [1.82, 2.24) is 9.80 Å². The number of benzene rings is 1. The summed E-state index contributed by atoms with van der Waals surface area (Å²) in [6.07, 6.45) is 1.52. The molecule has 1 aromatic rings. The lowest BCUT2D eigenvalue weighted by Crippen LogP contribution is -2.47. The SMILES string of the molecule is Cc1ccc(C(=O)N2CCCC(C(=O)OCC3CN(CC(C)C)CCO3)C2)cc1. The summed E-state index contributed by atoms with van der Waals surface area (Å²) in [6, 6.07) is 7.58. The van der Waals surface area contributed by atoms with Crippen molar-refractivity contribution in [3.8, 4) is 0 Å². The van der Waals surface area contributed by atoms with Crippen molar-refractivity contribution in [3.63, 3.8) is 0 Å². The van der Waals surface area contributed by atoms with Gasteiger partial charge in [-0.15, -0.1) is 0 Å². The van der Waals surface area contributed by atoms with Gasteiger partial charge in [-0.1, -0.05) is 31.5 Å². The molecule has 0 radical (unpaired) electrons. The Balaban J connectivity index is 1.48. The van der Waals surface area contributed by atoms with Crippen molar-refractivity contribution in [2.75, 3.05) is 45.9 Å². The Morgan fingerprint density at radius 1 is 1.17 bits per heavy atom. The molecule has 3 rings (SSSR count). The minimum Gasteiger partial charge on any atom is -0.463 e. The van der Waals surface area contributed by atoms with Crippen molar-refractivity contribution in [2.45, 2.75) is 39.7 Å². The van der Waals surface area contributed by atoms with E-state index in [4.69, 9.17) is 9.47 Å². The summed E-state index contributed by atoms with van der Waals surface area (Å²) in [5, 5.41) is 0. The standard InChI is InChI=1S/C23H34N2O4/c1-17(2)13-24-11-12-28-21(15-24)16-29-23(27)20-5-4-10-25(14-20)22(26)19-8-6-18(3)7-9-19/h6-9,17,20-21H,4-5,10-16H2,1-3H3. The van der Waals surface area contributed by atoms with Gasteiger partial charge in [-0.05, 0) is 37.8 Å². The Morgan fingerprint density at radius 2 is 1.93 bits per heavy atom. The summed E-state index contributed by atoms with van der Waals surface area (Å²) >= 11 is 0. The average Bonchev–Trinajstić information content (AvgIpc) is 2.72. The van der Waals surface area contributed by atoms with Gasteiger partial charge in [0.2, 0.25) is 0 Å². The summed E-state index contributed by atoms with van der Waals surface area (Å²) in [6.45, 7) is 11.3. The highest BCUT2D eigenvalue weighted by Crippen LogP contribution is 2.20. The van der Waals surface area contributed by atoms with Gasteiger partial charge >= 0.3 is 5.97 Å². The Morgan fingerprint density at radius 3 is 2.66 bits per heavy atom. The summed E-state index contributed by atoms with van der Waals surface area (Å²) in [5.41, 5.74) is 1.80. The molecule has 2 fully saturated rings. The van der Waals surface area contributed by atoms with E-state index in [0.29, 0.717) is 31.2 Å². The molecular formula is C23H34N2O4. The van der Waals surface area contributed by atoms with Gasteiger partial charge in [0, 0.05) is 38.3 Å². The fraction of sp³-hybridized carbons (Fsp3) is 0.652. The molecule has 0 N–H and O–H groups in total. The number of amides is 1. The quantitative estimate of drug-likeness (QED) is 0.685. The van der Waals surface area contributed by atoms with Crippen LogP contribution in [0.15, 0.2) is 24.3 Å². The van der Waals surface area contributed by atoms with Crippen molar-refractivity contribution >= 4 is 11.9 Å². The highest BCUT2D eigenvalue weighted by atomic mass is 16.6. The average molecular weight is 403 g/mol. The number of hydrogen-bond donors (Lipinski definition) is 0. The monoisotopic (exact) mass is 402 g/mol. The zero-order chi connectivity index (χ0) is 20.8. The van der Waals surface area contributed by atoms with Crippen LogP contribution in [0.5, 0.6) is 0 Å². The van der Waals surface area contributed by atoms with E-state index in [1.165, 1.54) is 0 Å². The first-order valence-electron chi connectivity index (χ1n) is 10.8. The highest BCUT2D eigenvalue weighted by molar-refractivity contribution is 5.94. The minimum atomic E-state index is -0.256. The van der Waals surface area contributed by atoms with Crippen molar-refractivity contribution in [2.24, 2.45) is 11.8 Å². The van der Waals surface area contributed by atoms with Crippen LogP contribution in [-0.2, 0) is 14.3 Å². The fourth-order valence-electron chi connectivity index (χ4n) is 4.09. The number of carbonyl (C=O) groups is 2. The van der Waals surface area contributed by atoms with E-state index < -0.39 is 0 Å². The zero-order valence-corrected chi connectivity index (χ0v) is 17.9. The summed E-state index contributed by atoms with van der Waals surface area (Å²) < 4.78 is 11.4. The van der Waals surface area contributed by atoms with Crippen LogP contribution < -0.4 is 0 Å². The van der Waals surface area contributed by atoms with E-state index in [-0.39, 0.29) is 30.5 Å². The predicted octanol–water partition coefficient (Wildman–Crippen LogP) is 2.75. The van der Waals surface area contributed by atoms with Crippen molar-refractivity contribution < 1.29 is 19.1 Å². The number of morpholine rings is 1. The Bertz CT molecular complexity index is 689. The number of esters is 1. The first-order valence-corrected chi connectivity index (χ1v) is 10.8. The van der Waals surface area contributed by atoms with Crippen LogP contribution in [0.25, 0.3) is 0 Å². The molecule has 1 amide bonds. The van der Waals surface area contributed by atoms with Gasteiger partial charge in [-0.25, -0.2) is 0 Å². The molecule has 0 aromatic heterocycles. The van der Waals surface area contributed by atoms with E-state index in [0.717, 1.165) is 38.0 Å². The second-order valence-corrected chi connectivity index (χ2v) is 8.73. The molecule has 0 spiro atoms. The van der Waals surface area contributed by atoms with Gasteiger partial charge < -0.3 is 14.4 Å². The first-order chi connectivity index (χ1) is 13.9. The van der Waals surface area contributed by atoms with Crippen LogP contribution in [0.2, 0.25) is 0 Å². The molecule has 2 unspecified atom stereocenters. The summed E-state index contributed by atoms with van der Waals surface area (Å²) in [4.78, 5) is 29.5. The van der Waals surface area contributed by atoms with E-state index in [2.05, 4.69) is 18.7 Å². The van der Waals surface area contributed by atoms with Crippen LogP contribution in [0.1, 0.15) is 42.6 Å². The van der Waals surface area contributed by atoms with Crippen LogP contribution in [-0.4, -0.2) is 73.7 Å². The molecule has 0 aliphatic carbocycles. The molecule has 2 aliphatic rings. The molecule has 2 atom stereocenters. The van der Waals surface area contributed by atoms with Gasteiger partial charge in [0.05, 0.1) is 12.5 Å². The van der Waals surface area contributed by atoms with Gasteiger partial charge in [-0.3, -0.25) is 14.5 Å². The second kappa shape index (κ2) is 10.2. The molecule has 160 valence electrons. The topological polar surface area (TPSA) is 59.1 Å². The number of piperidine rings is 1. The van der Waals surface area contributed by atoms with E-state index in [1.807, 2.05) is 31.2 Å². The van der Waals surface area contributed by atoms with E-state index >= 15 is 0 Å². The first kappa shape index (κ1) is 21.8. The number of aryl methyl sites for hydroxylation is 1. The number of likely N-dealkylation sites (tertiary alicyclic amines) is 1. The fourth-order valence-corrected chi connectivity index (χ4v) is 4.09. The largest absolute Gasteiger partial charge is 0.463 e. The number of ether oxygens (including phenoxy) is 2. The maximum absolute atomic E-state index is 12.8. The lowest BCUT2D eigenvalue weighted by molar-refractivity contribution is -0.156. The van der Waals surface area contributed by atoms with E-state index in [9.17, 15) is 9.59 Å². The van der Waals surface area contributed by atoms with Crippen molar-refractivity contribution in [3.05, 3.63) is 35.4 Å². The minimum absolute atomic E-state index is 0.0116. The normalized spacial score (nSPS) is 23.2. The number of rotatable bonds is 6. The maximum atomic E-state index is 12.8. The third-order valence-electron chi connectivity index (χ3n) is 5.60. The van der Waals surface area contributed by atoms with E-state index in [1.54, 1.807) is 4.90 Å². The lowest BCUT2D eigenvalue weighted by atomic mass is 9.97. The molecule has 2 saturated heterocycles. The van der Waals surface area contributed by atoms with Gasteiger partial charge in [0.1, 0.15) is 12.7 Å². The summed E-state index contributed by atoms with van der Waals surface area (Å²) in [5.74, 6) is 0.127. The predicted molar refractivity (Wildman–Crippen MR) is 112 cm³/mol.